The van der Waals surface area contributed by atoms with Crippen molar-refractivity contribution in [2.24, 2.45) is 11.8 Å². The van der Waals surface area contributed by atoms with Crippen molar-refractivity contribution in [3.63, 3.8) is 0 Å². The maximum atomic E-state index is 11.2. The molecule has 1 saturated heterocycles. The number of aromatic nitrogens is 2. The van der Waals surface area contributed by atoms with Crippen LogP contribution in [-0.4, -0.2) is 40.2 Å². The maximum Gasteiger partial charge on any atom is 0.308 e. The van der Waals surface area contributed by atoms with Crippen LogP contribution in [0.2, 0.25) is 0 Å². The SMILES string of the molecule is CC1CC(C(=O)O)CN(c2cc(OC(C)C)ncn2)C1. The average molecular weight is 279 g/mol. The first kappa shape index (κ1) is 14.6. The Morgan fingerprint density at radius 2 is 2.20 bits per heavy atom. The van der Waals surface area contributed by atoms with Crippen LogP contribution in [0.15, 0.2) is 12.4 Å². The Hall–Kier alpha value is -1.85. The number of anilines is 1. The summed E-state index contributed by atoms with van der Waals surface area (Å²) in [4.78, 5) is 21.5. The number of ether oxygens (including phenoxy) is 1. The van der Waals surface area contributed by atoms with Gasteiger partial charge in [0, 0.05) is 19.2 Å². The summed E-state index contributed by atoms with van der Waals surface area (Å²) in [6.45, 7) is 7.23. The fourth-order valence-corrected chi connectivity index (χ4v) is 2.53. The van der Waals surface area contributed by atoms with Crippen LogP contribution in [0.25, 0.3) is 0 Å². The van der Waals surface area contributed by atoms with Gasteiger partial charge >= 0.3 is 5.97 Å². The molecule has 1 aliphatic rings. The van der Waals surface area contributed by atoms with Crippen LogP contribution < -0.4 is 9.64 Å². The number of hydrogen-bond donors (Lipinski definition) is 1. The van der Waals surface area contributed by atoms with Crippen molar-refractivity contribution in [1.29, 1.82) is 0 Å². The molecule has 0 aromatic carbocycles. The number of carboxylic acids is 1. The molecule has 2 unspecified atom stereocenters. The van der Waals surface area contributed by atoms with E-state index in [0.29, 0.717) is 24.8 Å². The number of aliphatic carboxylic acids is 1. The van der Waals surface area contributed by atoms with E-state index in [1.165, 1.54) is 6.33 Å². The number of hydrogen-bond acceptors (Lipinski definition) is 5. The van der Waals surface area contributed by atoms with Gasteiger partial charge in [-0.3, -0.25) is 4.79 Å². The molecule has 2 heterocycles. The maximum absolute atomic E-state index is 11.2. The van der Waals surface area contributed by atoms with Gasteiger partial charge < -0.3 is 14.7 Å². The summed E-state index contributed by atoms with van der Waals surface area (Å²) in [6.07, 6.45) is 2.22. The van der Waals surface area contributed by atoms with Crippen molar-refractivity contribution in [2.75, 3.05) is 18.0 Å². The van der Waals surface area contributed by atoms with Crippen LogP contribution in [0.4, 0.5) is 5.82 Å². The summed E-state index contributed by atoms with van der Waals surface area (Å²) in [5, 5.41) is 9.21. The summed E-state index contributed by atoms with van der Waals surface area (Å²) < 4.78 is 5.55. The lowest BCUT2D eigenvalue weighted by atomic mass is 9.90. The van der Waals surface area contributed by atoms with Gasteiger partial charge in [-0.05, 0) is 26.2 Å². The lowest BCUT2D eigenvalue weighted by Crippen LogP contribution is -2.42. The minimum absolute atomic E-state index is 0.0461. The molecule has 1 N–H and O–H groups in total. The smallest absolute Gasteiger partial charge is 0.308 e. The highest BCUT2D eigenvalue weighted by Crippen LogP contribution is 2.26. The summed E-state index contributed by atoms with van der Waals surface area (Å²) >= 11 is 0. The van der Waals surface area contributed by atoms with Gasteiger partial charge in [0.1, 0.15) is 12.1 Å². The first-order valence-corrected chi connectivity index (χ1v) is 6.92. The highest BCUT2D eigenvalue weighted by molar-refractivity contribution is 5.71. The molecule has 2 rings (SSSR count). The molecule has 0 saturated carbocycles. The average Bonchev–Trinajstić information content (AvgIpc) is 2.37. The Labute approximate surface area is 118 Å². The van der Waals surface area contributed by atoms with Crippen molar-refractivity contribution in [2.45, 2.75) is 33.3 Å². The standard InChI is InChI=1S/C14H21N3O3/c1-9(2)20-13-5-12(15-8-16-13)17-6-10(3)4-11(7-17)14(18)19/h5,8-11H,4,6-7H2,1-3H3,(H,18,19). The van der Waals surface area contributed by atoms with Gasteiger partial charge in [-0.1, -0.05) is 6.92 Å². The van der Waals surface area contributed by atoms with Crippen LogP contribution in [0, 0.1) is 11.8 Å². The summed E-state index contributed by atoms with van der Waals surface area (Å²) in [7, 11) is 0. The summed E-state index contributed by atoms with van der Waals surface area (Å²) in [5.41, 5.74) is 0. The quantitative estimate of drug-likeness (QED) is 0.906. The second-order valence-electron chi connectivity index (χ2n) is 5.66. The molecule has 0 amide bonds. The molecule has 6 heteroatoms. The highest BCUT2D eigenvalue weighted by Gasteiger charge is 2.30. The number of carbonyl (C=O) groups is 1. The van der Waals surface area contributed by atoms with Crippen molar-refractivity contribution >= 4 is 11.8 Å². The first-order valence-electron chi connectivity index (χ1n) is 6.92. The van der Waals surface area contributed by atoms with E-state index in [1.807, 2.05) is 18.7 Å². The van der Waals surface area contributed by atoms with Crippen LogP contribution in [0.5, 0.6) is 5.88 Å². The Kier molecular flexibility index (Phi) is 4.42. The van der Waals surface area contributed by atoms with Gasteiger partial charge in [-0.25, -0.2) is 9.97 Å². The van der Waals surface area contributed by atoms with E-state index in [0.717, 1.165) is 12.4 Å². The minimum Gasteiger partial charge on any atom is -0.481 e. The molecule has 2 atom stereocenters. The zero-order chi connectivity index (χ0) is 14.7. The van der Waals surface area contributed by atoms with Crippen molar-refractivity contribution < 1.29 is 14.6 Å². The van der Waals surface area contributed by atoms with Crippen LogP contribution in [0.3, 0.4) is 0 Å². The third kappa shape index (κ3) is 3.59. The molecule has 1 fully saturated rings. The van der Waals surface area contributed by atoms with Crippen LogP contribution in [-0.2, 0) is 4.79 Å². The van der Waals surface area contributed by atoms with E-state index in [4.69, 9.17) is 4.74 Å². The molecule has 1 aromatic rings. The monoisotopic (exact) mass is 279 g/mol. The molecule has 20 heavy (non-hydrogen) atoms. The molecule has 6 nitrogen and oxygen atoms in total. The summed E-state index contributed by atoms with van der Waals surface area (Å²) in [5.74, 6) is 0.496. The fraction of sp³-hybridized carbons (Fsp3) is 0.643. The predicted molar refractivity (Wildman–Crippen MR) is 74.9 cm³/mol. The van der Waals surface area contributed by atoms with Gasteiger partial charge in [0.05, 0.1) is 12.0 Å². The number of rotatable bonds is 4. The fourth-order valence-electron chi connectivity index (χ4n) is 2.53. The first-order chi connectivity index (χ1) is 9.45. The van der Waals surface area contributed by atoms with Crippen LogP contribution >= 0.6 is 0 Å². The van der Waals surface area contributed by atoms with Gasteiger partial charge in [0.15, 0.2) is 0 Å². The molecule has 1 aliphatic heterocycles. The zero-order valence-corrected chi connectivity index (χ0v) is 12.1. The Bertz CT molecular complexity index is 478. The third-order valence-electron chi connectivity index (χ3n) is 3.32. The lowest BCUT2D eigenvalue weighted by Gasteiger charge is -2.35. The van der Waals surface area contributed by atoms with E-state index >= 15 is 0 Å². The second-order valence-corrected chi connectivity index (χ2v) is 5.66. The van der Waals surface area contributed by atoms with E-state index in [2.05, 4.69) is 16.9 Å². The normalized spacial score (nSPS) is 22.9. The van der Waals surface area contributed by atoms with Gasteiger partial charge in [0.2, 0.25) is 5.88 Å². The van der Waals surface area contributed by atoms with Gasteiger partial charge in [-0.15, -0.1) is 0 Å². The molecular weight excluding hydrogens is 258 g/mol. The lowest BCUT2D eigenvalue weighted by molar-refractivity contribution is -0.142. The molecule has 110 valence electrons. The van der Waals surface area contributed by atoms with E-state index in [9.17, 15) is 9.90 Å². The summed E-state index contributed by atoms with van der Waals surface area (Å²) in [6, 6.07) is 1.77. The van der Waals surface area contributed by atoms with Crippen molar-refractivity contribution in [3.8, 4) is 5.88 Å². The second kappa shape index (κ2) is 6.07. The van der Waals surface area contributed by atoms with Gasteiger partial charge in [-0.2, -0.15) is 0 Å². The van der Waals surface area contributed by atoms with E-state index < -0.39 is 5.97 Å². The van der Waals surface area contributed by atoms with Crippen molar-refractivity contribution in [1.82, 2.24) is 9.97 Å². The van der Waals surface area contributed by atoms with Gasteiger partial charge in [0.25, 0.3) is 0 Å². The number of carboxylic acid groups (broad SMARTS) is 1. The molecule has 0 aliphatic carbocycles. The molecule has 0 radical (unpaired) electrons. The largest absolute Gasteiger partial charge is 0.481 e. The molecule has 0 bridgehead atoms. The highest BCUT2D eigenvalue weighted by atomic mass is 16.5. The Morgan fingerprint density at radius 3 is 2.85 bits per heavy atom. The molecule has 0 spiro atoms. The zero-order valence-electron chi connectivity index (χ0n) is 12.1. The van der Waals surface area contributed by atoms with Crippen LogP contribution in [0.1, 0.15) is 27.2 Å². The van der Waals surface area contributed by atoms with E-state index in [1.54, 1.807) is 6.07 Å². The van der Waals surface area contributed by atoms with E-state index in [-0.39, 0.29) is 12.0 Å². The Morgan fingerprint density at radius 1 is 1.45 bits per heavy atom. The van der Waals surface area contributed by atoms with Crippen molar-refractivity contribution in [3.05, 3.63) is 12.4 Å². The minimum atomic E-state index is -0.741. The molecular formula is C14H21N3O3. The number of nitrogens with zero attached hydrogens (tertiary/aromatic N) is 3. The number of piperidine rings is 1. The third-order valence-corrected chi connectivity index (χ3v) is 3.32. The molecule has 1 aromatic heterocycles. The Balaban J connectivity index is 2.15. The topological polar surface area (TPSA) is 75.5 Å². The predicted octanol–water partition coefficient (Wildman–Crippen LogP) is 1.81.